The van der Waals surface area contributed by atoms with Gasteiger partial charge in [0.15, 0.2) is 9.84 Å². The van der Waals surface area contributed by atoms with Crippen LogP contribution in [0, 0.1) is 0 Å². The monoisotopic (exact) mass is 412 g/mol. The van der Waals surface area contributed by atoms with Crippen molar-refractivity contribution in [3.05, 3.63) is 48.5 Å². The Bertz CT molecular complexity index is 1020. The average molecular weight is 412 g/mol. The molecule has 1 amide bonds. The minimum absolute atomic E-state index is 0.00201. The number of hydrogen-bond acceptors (Lipinski definition) is 6. The first-order valence-corrected chi connectivity index (χ1v) is 11.3. The van der Waals surface area contributed by atoms with E-state index in [1.807, 2.05) is 6.92 Å². The molecule has 0 atom stereocenters. The topological polar surface area (TPSA) is 119 Å². The Balaban J connectivity index is 2.00. The molecule has 27 heavy (non-hydrogen) atoms. The molecule has 0 bridgehead atoms. The molecule has 0 unspecified atom stereocenters. The Kier molecular flexibility index (Phi) is 6.58. The van der Waals surface area contributed by atoms with E-state index in [1.54, 1.807) is 0 Å². The molecule has 2 N–H and O–H groups in total. The Labute approximate surface area is 158 Å². The summed E-state index contributed by atoms with van der Waals surface area (Å²) in [7, 11) is -7.29. The molecule has 0 radical (unpaired) electrons. The van der Waals surface area contributed by atoms with Gasteiger partial charge < -0.3 is 10.1 Å². The van der Waals surface area contributed by atoms with Crippen molar-refractivity contribution in [3.8, 4) is 5.75 Å². The van der Waals surface area contributed by atoms with Crippen LogP contribution in [0.25, 0.3) is 0 Å². The molecule has 0 aromatic heterocycles. The quantitative estimate of drug-likeness (QED) is 0.677. The first kappa shape index (κ1) is 20.9. The number of amides is 1. The highest BCUT2D eigenvalue weighted by Gasteiger charge is 2.16. The number of hydrogen-bond donors (Lipinski definition) is 2. The maximum atomic E-state index is 12.2. The maximum absolute atomic E-state index is 12.2. The zero-order valence-electron chi connectivity index (χ0n) is 14.8. The highest BCUT2D eigenvalue weighted by molar-refractivity contribution is 7.90. The summed E-state index contributed by atoms with van der Waals surface area (Å²) in [6, 6.07) is 11.5. The molecule has 0 aliphatic carbocycles. The van der Waals surface area contributed by atoms with Crippen molar-refractivity contribution in [1.82, 2.24) is 4.72 Å². The third-order valence-corrected chi connectivity index (χ3v) is 5.94. The second-order valence-corrected chi connectivity index (χ2v) is 9.36. The SMILES string of the molecule is CCOc1ccc(S(=O)(=O)NCC(=O)Nc2cccc(S(C)(=O)=O)c2)cc1. The van der Waals surface area contributed by atoms with E-state index in [1.165, 1.54) is 48.5 Å². The molecular formula is C17H20N2O6S2. The lowest BCUT2D eigenvalue weighted by Gasteiger charge is -2.09. The van der Waals surface area contributed by atoms with Gasteiger partial charge >= 0.3 is 0 Å². The van der Waals surface area contributed by atoms with Gasteiger partial charge in [0.25, 0.3) is 0 Å². The van der Waals surface area contributed by atoms with Crippen LogP contribution in [-0.2, 0) is 24.7 Å². The van der Waals surface area contributed by atoms with E-state index in [2.05, 4.69) is 10.0 Å². The summed E-state index contributed by atoms with van der Waals surface area (Å²) in [5.41, 5.74) is 0.253. The number of benzene rings is 2. The minimum atomic E-state index is -3.87. The van der Waals surface area contributed by atoms with E-state index >= 15 is 0 Å². The van der Waals surface area contributed by atoms with Crippen LogP contribution >= 0.6 is 0 Å². The summed E-state index contributed by atoms with van der Waals surface area (Å²) in [4.78, 5) is 12.0. The highest BCUT2D eigenvalue weighted by atomic mass is 32.2. The summed E-state index contributed by atoms with van der Waals surface area (Å²) in [5, 5.41) is 2.45. The molecule has 0 aliphatic rings. The number of anilines is 1. The summed E-state index contributed by atoms with van der Waals surface area (Å²) < 4.78 is 55.0. The van der Waals surface area contributed by atoms with Gasteiger partial charge in [-0.15, -0.1) is 0 Å². The van der Waals surface area contributed by atoms with Crippen molar-refractivity contribution in [1.29, 1.82) is 0 Å². The second-order valence-electron chi connectivity index (χ2n) is 5.58. The lowest BCUT2D eigenvalue weighted by molar-refractivity contribution is -0.115. The fourth-order valence-corrected chi connectivity index (χ4v) is 3.78. The van der Waals surface area contributed by atoms with Gasteiger partial charge in [0, 0.05) is 11.9 Å². The number of carbonyl (C=O) groups excluding carboxylic acids is 1. The molecule has 0 spiro atoms. The Morgan fingerprint density at radius 1 is 1.00 bits per heavy atom. The van der Waals surface area contributed by atoms with Crippen molar-refractivity contribution in [2.45, 2.75) is 16.7 Å². The summed E-state index contributed by atoms with van der Waals surface area (Å²) in [6.07, 6.45) is 1.05. The molecule has 0 aliphatic heterocycles. The predicted molar refractivity (Wildman–Crippen MR) is 101 cm³/mol. The van der Waals surface area contributed by atoms with E-state index in [9.17, 15) is 21.6 Å². The van der Waals surface area contributed by atoms with E-state index in [0.717, 1.165) is 6.26 Å². The van der Waals surface area contributed by atoms with Gasteiger partial charge in [-0.1, -0.05) is 6.07 Å². The maximum Gasteiger partial charge on any atom is 0.241 e. The number of nitrogens with one attached hydrogen (secondary N) is 2. The molecular weight excluding hydrogens is 392 g/mol. The normalized spacial score (nSPS) is 11.8. The minimum Gasteiger partial charge on any atom is -0.494 e. The molecule has 8 nitrogen and oxygen atoms in total. The number of sulfonamides is 1. The zero-order chi connectivity index (χ0) is 20.1. The Morgan fingerprint density at radius 2 is 1.67 bits per heavy atom. The molecule has 146 valence electrons. The van der Waals surface area contributed by atoms with Crippen molar-refractivity contribution in [2.75, 3.05) is 24.7 Å². The molecule has 2 rings (SSSR count). The number of carbonyl (C=O) groups is 1. The number of sulfone groups is 1. The molecule has 10 heteroatoms. The van der Waals surface area contributed by atoms with Gasteiger partial charge in [-0.05, 0) is 49.4 Å². The summed E-state index contributed by atoms with van der Waals surface area (Å²) in [6.45, 7) is 1.78. The molecule has 0 saturated carbocycles. The van der Waals surface area contributed by atoms with Gasteiger partial charge in [-0.2, -0.15) is 0 Å². The fraction of sp³-hybridized carbons (Fsp3) is 0.235. The number of ether oxygens (including phenoxy) is 1. The first-order valence-electron chi connectivity index (χ1n) is 7.94. The van der Waals surface area contributed by atoms with Crippen LogP contribution in [0.1, 0.15) is 6.92 Å². The third-order valence-electron chi connectivity index (χ3n) is 3.41. The third kappa shape index (κ3) is 6.05. The predicted octanol–water partition coefficient (Wildman–Crippen LogP) is 1.41. The van der Waals surface area contributed by atoms with Gasteiger partial charge in [0.1, 0.15) is 5.75 Å². The van der Waals surface area contributed by atoms with Crippen molar-refractivity contribution in [2.24, 2.45) is 0 Å². The standard InChI is InChI=1S/C17H20N2O6S2/c1-3-25-14-7-9-15(10-8-14)27(23,24)18-12-17(20)19-13-5-4-6-16(11-13)26(2,21)22/h4-11,18H,3,12H2,1-2H3,(H,19,20). The Morgan fingerprint density at radius 3 is 2.26 bits per heavy atom. The van der Waals surface area contributed by atoms with Crippen molar-refractivity contribution >= 4 is 31.5 Å². The van der Waals surface area contributed by atoms with E-state index in [-0.39, 0.29) is 15.5 Å². The zero-order valence-corrected chi connectivity index (χ0v) is 16.4. The van der Waals surface area contributed by atoms with Crippen LogP contribution < -0.4 is 14.8 Å². The van der Waals surface area contributed by atoms with Crippen LogP contribution in [0.3, 0.4) is 0 Å². The second kappa shape index (κ2) is 8.51. The van der Waals surface area contributed by atoms with E-state index in [0.29, 0.717) is 12.4 Å². The molecule has 0 heterocycles. The van der Waals surface area contributed by atoms with Crippen LogP contribution in [0.2, 0.25) is 0 Å². The smallest absolute Gasteiger partial charge is 0.241 e. The summed E-state index contributed by atoms with van der Waals surface area (Å²) in [5.74, 6) is -0.0879. The van der Waals surface area contributed by atoms with Crippen molar-refractivity contribution in [3.63, 3.8) is 0 Å². The fourth-order valence-electron chi connectivity index (χ4n) is 2.14. The van der Waals surface area contributed by atoms with E-state index < -0.39 is 32.3 Å². The van der Waals surface area contributed by atoms with Crippen LogP contribution in [-0.4, -0.2) is 42.2 Å². The van der Waals surface area contributed by atoms with Crippen LogP contribution in [0.4, 0.5) is 5.69 Å². The van der Waals surface area contributed by atoms with Gasteiger partial charge in [-0.25, -0.2) is 21.6 Å². The van der Waals surface area contributed by atoms with Gasteiger partial charge in [-0.3, -0.25) is 4.79 Å². The van der Waals surface area contributed by atoms with Gasteiger partial charge in [0.2, 0.25) is 15.9 Å². The average Bonchev–Trinajstić information content (AvgIpc) is 2.60. The summed E-state index contributed by atoms with van der Waals surface area (Å²) >= 11 is 0. The number of rotatable bonds is 8. The lowest BCUT2D eigenvalue weighted by Crippen LogP contribution is -2.32. The van der Waals surface area contributed by atoms with E-state index in [4.69, 9.17) is 4.74 Å². The van der Waals surface area contributed by atoms with Crippen LogP contribution in [0.5, 0.6) is 5.75 Å². The van der Waals surface area contributed by atoms with Gasteiger partial charge in [0.05, 0.1) is 22.9 Å². The molecule has 2 aromatic rings. The lowest BCUT2D eigenvalue weighted by atomic mass is 10.3. The first-order chi connectivity index (χ1) is 12.6. The molecule has 2 aromatic carbocycles. The van der Waals surface area contributed by atoms with Crippen molar-refractivity contribution < 1.29 is 26.4 Å². The molecule has 0 fully saturated rings. The highest BCUT2D eigenvalue weighted by Crippen LogP contribution is 2.16. The molecule has 0 saturated heterocycles. The largest absolute Gasteiger partial charge is 0.494 e. The Hall–Kier alpha value is -2.43. The van der Waals surface area contributed by atoms with Crippen LogP contribution in [0.15, 0.2) is 58.3 Å².